The van der Waals surface area contributed by atoms with E-state index in [1.807, 2.05) is 85.3 Å². The highest BCUT2D eigenvalue weighted by atomic mass is 32.1. The molecule has 12 nitrogen and oxygen atoms in total. The zero-order chi connectivity index (χ0) is 37.6. The van der Waals surface area contributed by atoms with Gasteiger partial charge >= 0.3 is 12.1 Å². The highest BCUT2D eigenvalue weighted by Crippen LogP contribution is 2.19. The molecule has 5 aromatic rings. The maximum Gasteiger partial charge on any atom is 0.407 e. The third-order valence-corrected chi connectivity index (χ3v) is 10.9. The van der Waals surface area contributed by atoms with Crippen LogP contribution in [0.1, 0.15) is 52.0 Å². The van der Waals surface area contributed by atoms with Crippen molar-refractivity contribution in [2.45, 2.75) is 76.9 Å². The molecule has 15 heteroatoms. The molecule has 0 saturated heterocycles. The number of alkyl carbamates (subject to hydrolysis) is 1. The quantitative estimate of drug-likeness (QED) is 0.0866. The number of thiazole rings is 3. The van der Waals surface area contributed by atoms with Crippen molar-refractivity contribution in [3.05, 3.63) is 121 Å². The second-order valence-corrected chi connectivity index (χ2v) is 15.9. The Balaban J connectivity index is 1.25. The van der Waals surface area contributed by atoms with Crippen molar-refractivity contribution in [3.8, 4) is 0 Å². The number of urea groups is 1. The smallest absolute Gasteiger partial charge is 0.407 e. The van der Waals surface area contributed by atoms with E-state index >= 15 is 0 Å². The number of aliphatic hydroxyl groups is 1. The van der Waals surface area contributed by atoms with Crippen LogP contribution >= 0.6 is 34.0 Å². The van der Waals surface area contributed by atoms with Crippen LogP contribution < -0.4 is 16.0 Å². The summed E-state index contributed by atoms with van der Waals surface area (Å²) in [6.07, 6.45) is 3.21. The van der Waals surface area contributed by atoms with Crippen LogP contribution in [0.2, 0.25) is 0 Å². The molecule has 3 aromatic heterocycles. The number of nitrogens with zero attached hydrogens (tertiary/aromatic N) is 4. The van der Waals surface area contributed by atoms with Crippen LogP contribution in [0.3, 0.4) is 0 Å². The molecule has 0 radical (unpaired) electrons. The van der Waals surface area contributed by atoms with E-state index in [-0.39, 0.29) is 31.4 Å². The lowest BCUT2D eigenvalue weighted by atomic mass is 9.93. The van der Waals surface area contributed by atoms with Crippen LogP contribution in [-0.4, -0.2) is 74.3 Å². The third-order valence-electron chi connectivity index (χ3n) is 8.45. The van der Waals surface area contributed by atoms with E-state index in [0.717, 1.165) is 31.7 Å². The molecule has 5 rings (SSSR count). The summed E-state index contributed by atoms with van der Waals surface area (Å²) >= 11 is 4.48. The number of hydrogen-bond donors (Lipinski definition) is 4. The van der Waals surface area contributed by atoms with Gasteiger partial charge in [-0.1, -0.05) is 74.5 Å². The maximum atomic E-state index is 13.9. The molecule has 0 bridgehead atoms. The van der Waals surface area contributed by atoms with Gasteiger partial charge in [-0.15, -0.1) is 34.0 Å². The van der Waals surface area contributed by atoms with Gasteiger partial charge in [-0.2, -0.15) is 0 Å². The van der Waals surface area contributed by atoms with E-state index in [4.69, 9.17) is 4.74 Å². The topological polar surface area (TPSA) is 159 Å². The van der Waals surface area contributed by atoms with Crippen LogP contribution in [0.25, 0.3) is 0 Å². The second kappa shape index (κ2) is 19.9. The number of benzene rings is 2. The summed E-state index contributed by atoms with van der Waals surface area (Å²) in [5.74, 6) is -0.606. The first-order chi connectivity index (χ1) is 25.6. The normalized spacial score (nSPS) is 13.5. The van der Waals surface area contributed by atoms with Crippen molar-refractivity contribution in [1.29, 1.82) is 0 Å². The molecule has 280 valence electrons. The van der Waals surface area contributed by atoms with Crippen LogP contribution in [0.4, 0.5) is 9.59 Å². The Bertz CT molecular complexity index is 1840. The third kappa shape index (κ3) is 12.7. The lowest BCUT2D eigenvalue weighted by Gasteiger charge is -2.30. The van der Waals surface area contributed by atoms with Gasteiger partial charge in [0.2, 0.25) is 5.91 Å². The molecule has 0 unspecified atom stereocenters. The summed E-state index contributed by atoms with van der Waals surface area (Å²) < 4.78 is 5.43. The Labute approximate surface area is 321 Å². The molecule has 0 saturated carbocycles. The lowest BCUT2D eigenvalue weighted by molar-refractivity contribution is -0.124. The number of ether oxygens (including phenoxy) is 1. The van der Waals surface area contributed by atoms with E-state index in [0.29, 0.717) is 19.3 Å². The Kier molecular flexibility index (Phi) is 14.9. The Morgan fingerprint density at radius 1 is 0.906 bits per heavy atom. The van der Waals surface area contributed by atoms with Gasteiger partial charge in [0.05, 0.1) is 51.2 Å². The molecule has 4 amide bonds. The Morgan fingerprint density at radius 2 is 1.62 bits per heavy atom. The Hall–Kier alpha value is -4.70. The highest BCUT2D eigenvalue weighted by Gasteiger charge is 2.31. The molecule has 4 atom stereocenters. The predicted molar refractivity (Wildman–Crippen MR) is 208 cm³/mol. The average Bonchev–Trinajstić information content (AvgIpc) is 3.95. The standard InChI is InChI=1S/C38H45N7O5S3/c1-25(2)35(44-37(48)45(3)21-29-23-52-34(41-29)19-33-40-14-15-51-33)36(47)42-28(16-26-10-6-4-7-11-26)18-32(46)31(17-27-12-8-5-9-13-27)43-38(49)50-22-30-20-39-24-53-30/h4-15,20,23-25,28,31-32,35,46H,16-19,21-22H2,1-3H3,(H,42,47)(H,43,49)(H,44,48)/t28-,31-,32-,35-/m0/s1. The van der Waals surface area contributed by atoms with Gasteiger partial charge in [-0.25, -0.2) is 19.6 Å². The molecule has 53 heavy (non-hydrogen) atoms. The van der Waals surface area contributed by atoms with Gasteiger partial charge in [-0.05, 0) is 36.3 Å². The molecular formula is C38H45N7O5S3. The second-order valence-electron chi connectivity index (χ2n) is 13.0. The minimum Gasteiger partial charge on any atom is -0.444 e. The van der Waals surface area contributed by atoms with Crippen LogP contribution in [0.15, 0.2) is 89.3 Å². The zero-order valence-electron chi connectivity index (χ0n) is 29.9. The van der Waals surface area contributed by atoms with Crippen molar-refractivity contribution >= 4 is 52.0 Å². The summed E-state index contributed by atoms with van der Waals surface area (Å²) in [6.45, 7) is 4.08. The molecular weight excluding hydrogens is 731 g/mol. The van der Waals surface area contributed by atoms with Gasteiger partial charge in [0.1, 0.15) is 12.6 Å². The largest absolute Gasteiger partial charge is 0.444 e. The Morgan fingerprint density at radius 3 is 2.26 bits per heavy atom. The number of aliphatic hydroxyl groups excluding tert-OH is 1. The fourth-order valence-corrected chi connectivity index (χ4v) is 7.71. The lowest BCUT2D eigenvalue weighted by Crippen LogP contribution is -2.55. The molecule has 0 aliphatic heterocycles. The molecule has 3 heterocycles. The molecule has 2 aromatic carbocycles. The van der Waals surface area contributed by atoms with Crippen LogP contribution in [-0.2, 0) is 41.9 Å². The summed E-state index contributed by atoms with van der Waals surface area (Å²) in [5.41, 5.74) is 4.30. The maximum absolute atomic E-state index is 13.9. The first-order valence-corrected chi connectivity index (χ1v) is 20.0. The van der Waals surface area contributed by atoms with E-state index < -0.39 is 36.4 Å². The number of rotatable bonds is 18. The molecule has 0 aliphatic rings. The minimum atomic E-state index is -1.06. The van der Waals surface area contributed by atoms with Crippen molar-refractivity contribution in [2.24, 2.45) is 5.92 Å². The molecule has 0 fully saturated rings. The number of carbonyl (C=O) groups is 3. The SMILES string of the molecule is CC(C)[C@H](NC(=O)N(C)Cc1csc(Cc2nccs2)n1)C(=O)N[C@@H](Cc1ccccc1)C[C@H](O)[C@H](Cc1ccccc1)NC(=O)OCc1cncs1. The van der Waals surface area contributed by atoms with Gasteiger partial charge in [-0.3, -0.25) is 9.78 Å². The van der Waals surface area contributed by atoms with Crippen LogP contribution in [0.5, 0.6) is 0 Å². The molecule has 0 aliphatic carbocycles. The van der Waals surface area contributed by atoms with Crippen LogP contribution in [0, 0.1) is 5.92 Å². The first kappa shape index (κ1) is 39.5. The number of hydrogen-bond acceptors (Lipinski definition) is 11. The number of carbonyl (C=O) groups excluding carboxylic acids is 3. The van der Waals surface area contributed by atoms with Gasteiger partial charge in [0, 0.05) is 36.2 Å². The fraction of sp³-hybridized carbons (Fsp3) is 0.368. The van der Waals surface area contributed by atoms with Gasteiger partial charge in [0.25, 0.3) is 0 Å². The van der Waals surface area contributed by atoms with Gasteiger partial charge < -0.3 is 30.7 Å². The monoisotopic (exact) mass is 775 g/mol. The number of aromatic nitrogens is 3. The van der Waals surface area contributed by atoms with Gasteiger partial charge in [0.15, 0.2) is 0 Å². The molecule has 4 N–H and O–H groups in total. The van der Waals surface area contributed by atoms with E-state index in [2.05, 4.69) is 30.9 Å². The average molecular weight is 776 g/mol. The summed E-state index contributed by atoms with van der Waals surface area (Å²) in [5, 5.41) is 26.3. The van der Waals surface area contributed by atoms with Crippen molar-refractivity contribution < 1.29 is 24.2 Å². The van der Waals surface area contributed by atoms with Crippen molar-refractivity contribution in [2.75, 3.05) is 7.05 Å². The number of amides is 4. The van der Waals surface area contributed by atoms with E-state index in [9.17, 15) is 19.5 Å². The van der Waals surface area contributed by atoms with Crippen molar-refractivity contribution in [1.82, 2.24) is 35.8 Å². The predicted octanol–water partition coefficient (Wildman–Crippen LogP) is 5.83. The zero-order valence-corrected chi connectivity index (χ0v) is 32.3. The van der Waals surface area contributed by atoms with E-state index in [1.165, 1.54) is 27.6 Å². The highest BCUT2D eigenvalue weighted by molar-refractivity contribution is 7.11. The van der Waals surface area contributed by atoms with Crippen molar-refractivity contribution in [3.63, 3.8) is 0 Å². The summed E-state index contributed by atoms with van der Waals surface area (Å²) in [4.78, 5) is 55.5. The first-order valence-electron chi connectivity index (χ1n) is 17.3. The van der Waals surface area contributed by atoms with E-state index in [1.54, 1.807) is 36.3 Å². The minimum absolute atomic E-state index is 0.0625. The summed E-state index contributed by atoms with van der Waals surface area (Å²) in [6, 6.07) is 16.7. The fourth-order valence-electron chi connectivity index (χ4n) is 5.70. The molecule has 0 spiro atoms. The summed E-state index contributed by atoms with van der Waals surface area (Å²) in [7, 11) is 1.67. The number of nitrogens with one attached hydrogen (secondary N) is 3.